The number of carbonyl (C=O) groups is 1. The molecule has 0 spiro atoms. The van der Waals surface area contributed by atoms with Crippen molar-refractivity contribution in [2.75, 3.05) is 5.32 Å². The Kier molecular flexibility index (Phi) is 5.93. The lowest BCUT2D eigenvalue weighted by Crippen LogP contribution is -2.46. The van der Waals surface area contributed by atoms with Gasteiger partial charge in [0, 0.05) is 17.5 Å². The van der Waals surface area contributed by atoms with Crippen LogP contribution in [0.4, 0.5) is 11.4 Å². The second kappa shape index (κ2) is 8.40. The Morgan fingerprint density at radius 1 is 1.17 bits per heavy atom. The third-order valence-electron chi connectivity index (χ3n) is 4.79. The van der Waals surface area contributed by atoms with E-state index in [9.17, 15) is 14.9 Å². The summed E-state index contributed by atoms with van der Waals surface area (Å²) in [5, 5.41) is 20.8. The minimum Gasteiger partial charge on any atom is -0.351 e. The number of hydrogen-bond acceptors (Lipinski definition) is 4. The van der Waals surface area contributed by atoms with Crippen molar-refractivity contribution in [1.29, 1.82) is 0 Å². The number of nitrogens with zero attached hydrogens (tertiary/aromatic N) is 1. The van der Waals surface area contributed by atoms with Gasteiger partial charge in [-0.3, -0.25) is 14.9 Å². The number of nitro benzene ring substituents is 1. The smallest absolute Gasteiger partial charge is 0.275 e. The fourth-order valence-electron chi connectivity index (χ4n) is 3.43. The Hall–Kier alpha value is -3.26. The summed E-state index contributed by atoms with van der Waals surface area (Å²) in [5.41, 5.74) is 2.93. The maximum Gasteiger partial charge on any atom is 0.275 e. The van der Waals surface area contributed by atoms with Crippen LogP contribution in [-0.4, -0.2) is 15.9 Å². The summed E-state index contributed by atoms with van der Waals surface area (Å²) in [4.78, 5) is 24.3. The third kappa shape index (κ3) is 4.27. The van der Waals surface area contributed by atoms with E-state index in [0.717, 1.165) is 5.56 Å². The van der Waals surface area contributed by atoms with E-state index in [1.807, 2.05) is 38.1 Å². The van der Waals surface area contributed by atoms with Crippen molar-refractivity contribution < 1.29 is 9.72 Å². The molecule has 0 aliphatic carbocycles. The molecule has 3 rings (SSSR count). The Bertz CT molecular complexity index is 1020. The average molecular weight is 410 g/mol. The number of anilines is 1. The molecule has 0 aromatic heterocycles. The van der Waals surface area contributed by atoms with E-state index >= 15 is 0 Å². The Balaban J connectivity index is 2.04. The topological polar surface area (TPSA) is 96.3 Å². The minimum atomic E-state index is -0.739. The van der Waals surface area contributed by atoms with Crippen molar-refractivity contribution in [3.05, 3.63) is 81.0 Å². The number of hydrogen-bond donors (Lipinski definition) is 3. The summed E-state index contributed by atoms with van der Waals surface area (Å²) in [5.74, 6) is -0.121. The number of thiocarbonyl (C=S) groups is 1. The van der Waals surface area contributed by atoms with Gasteiger partial charge in [0.2, 0.25) is 0 Å². The molecule has 1 atom stereocenters. The zero-order valence-electron chi connectivity index (χ0n) is 16.4. The molecule has 150 valence electrons. The Morgan fingerprint density at radius 3 is 2.52 bits per heavy atom. The van der Waals surface area contributed by atoms with Crippen LogP contribution in [0, 0.1) is 10.1 Å². The average Bonchev–Trinajstić information content (AvgIpc) is 2.67. The number of nitro groups is 1. The highest BCUT2D eigenvalue weighted by molar-refractivity contribution is 7.80. The molecule has 0 unspecified atom stereocenters. The Labute approximate surface area is 174 Å². The normalized spacial score (nSPS) is 16.3. The van der Waals surface area contributed by atoms with Crippen molar-refractivity contribution in [1.82, 2.24) is 10.6 Å². The van der Waals surface area contributed by atoms with Gasteiger partial charge in [-0.1, -0.05) is 44.2 Å². The van der Waals surface area contributed by atoms with Crippen molar-refractivity contribution >= 4 is 34.6 Å². The molecule has 0 bridgehead atoms. The van der Waals surface area contributed by atoms with Gasteiger partial charge in [0.05, 0.1) is 22.1 Å². The lowest BCUT2D eigenvalue weighted by molar-refractivity contribution is -0.385. The van der Waals surface area contributed by atoms with Gasteiger partial charge < -0.3 is 16.0 Å². The summed E-state index contributed by atoms with van der Waals surface area (Å²) in [7, 11) is 0. The molecule has 7 nitrogen and oxygen atoms in total. The van der Waals surface area contributed by atoms with Crippen molar-refractivity contribution in [3.8, 4) is 0 Å². The van der Waals surface area contributed by atoms with Gasteiger partial charge in [-0.2, -0.15) is 0 Å². The minimum absolute atomic E-state index is 0.0737. The molecule has 1 aliphatic rings. The second-order valence-corrected chi connectivity index (χ2v) is 7.49. The van der Waals surface area contributed by atoms with Crippen molar-refractivity contribution in [3.63, 3.8) is 0 Å². The van der Waals surface area contributed by atoms with Crippen molar-refractivity contribution in [2.45, 2.75) is 32.7 Å². The Morgan fingerprint density at radius 2 is 1.83 bits per heavy atom. The van der Waals surface area contributed by atoms with Gasteiger partial charge in [-0.05, 0) is 42.8 Å². The summed E-state index contributed by atoms with van der Waals surface area (Å²) in [6.45, 7) is 5.83. The van der Waals surface area contributed by atoms with Crippen molar-refractivity contribution in [2.24, 2.45) is 0 Å². The van der Waals surface area contributed by atoms with Gasteiger partial charge in [0.15, 0.2) is 5.11 Å². The van der Waals surface area contributed by atoms with Crippen LogP contribution in [0.1, 0.15) is 43.9 Å². The van der Waals surface area contributed by atoms with Gasteiger partial charge >= 0.3 is 0 Å². The van der Waals surface area contributed by atoms with E-state index < -0.39 is 11.0 Å². The van der Waals surface area contributed by atoms with E-state index in [4.69, 9.17) is 12.2 Å². The van der Waals surface area contributed by atoms with Gasteiger partial charge in [0.1, 0.15) is 0 Å². The number of allylic oxidation sites excluding steroid dienone is 1. The van der Waals surface area contributed by atoms with Crippen LogP contribution < -0.4 is 16.0 Å². The zero-order valence-corrected chi connectivity index (χ0v) is 17.2. The van der Waals surface area contributed by atoms with E-state index in [0.29, 0.717) is 27.6 Å². The molecule has 1 aliphatic heterocycles. The number of benzene rings is 2. The zero-order chi connectivity index (χ0) is 21.1. The standard InChI is InChI=1S/C21H22N4O3S/c1-12(2)14-8-4-6-10-16(14)23-20(26)18-13(3)22-21(29)24-19(18)15-9-5-7-11-17(15)25(27)28/h4-12,19H,1-3H3,(H,23,26)(H2,22,24,29)/t19-/m1/s1. The highest BCUT2D eigenvalue weighted by Gasteiger charge is 2.34. The first-order chi connectivity index (χ1) is 13.8. The monoisotopic (exact) mass is 410 g/mol. The molecule has 2 aromatic rings. The van der Waals surface area contributed by atoms with Crippen LogP contribution in [0.5, 0.6) is 0 Å². The van der Waals surface area contributed by atoms with Crippen LogP contribution in [-0.2, 0) is 4.79 Å². The van der Waals surface area contributed by atoms with Gasteiger partial charge in [-0.15, -0.1) is 0 Å². The number of rotatable bonds is 5. The predicted octanol–water partition coefficient (Wildman–Crippen LogP) is 4.15. The molecule has 3 N–H and O–H groups in total. The fourth-order valence-corrected chi connectivity index (χ4v) is 3.70. The predicted molar refractivity (Wildman–Crippen MR) is 117 cm³/mol. The van der Waals surface area contributed by atoms with Crippen LogP contribution in [0.2, 0.25) is 0 Å². The van der Waals surface area contributed by atoms with Gasteiger partial charge in [0.25, 0.3) is 11.6 Å². The van der Waals surface area contributed by atoms with Crippen LogP contribution in [0.15, 0.2) is 59.8 Å². The van der Waals surface area contributed by atoms with E-state index in [1.165, 1.54) is 6.07 Å². The van der Waals surface area contributed by atoms with Gasteiger partial charge in [-0.25, -0.2) is 0 Å². The number of carbonyl (C=O) groups excluding carboxylic acids is 1. The molecule has 0 saturated heterocycles. The number of para-hydroxylation sites is 2. The molecule has 0 fully saturated rings. The van der Waals surface area contributed by atoms with E-state index in [2.05, 4.69) is 16.0 Å². The molecule has 1 amide bonds. The molecular weight excluding hydrogens is 388 g/mol. The SMILES string of the molecule is CC1=C(C(=O)Nc2ccccc2C(C)C)[C@@H](c2ccccc2[N+](=O)[O-])NC(=S)N1. The molecule has 1 heterocycles. The highest BCUT2D eigenvalue weighted by Crippen LogP contribution is 2.34. The highest BCUT2D eigenvalue weighted by atomic mass is 32.1. The first-order valence-electron chi connectivity index (χ1n) is 9.21. The largest absolute Gasteiger partial charge is 0.351 e. The summed E-state index contributed by atoms with van der Waals surface area (Å²) < 4.78 is 0. The fraction of sp³-hybridized carbons (Fsp3) is 0.238. The third-order valence-corrected chi connectivity index (χ3v) is 5.01. The number of amides is 1. The summed E-state index contributed by atoms with van der Waals surface area (Å²) in [6.07, 6.45) is 0. The second-order valence-electron chi connectivity index (χ2n) is 7.08. The molecule has 0 radical (unpaired) electrons. The lowest BCUT2D eigenvalue weighted by Gasteiger charge is -2.30. The molecule has 2 aromatic carbocycles. The number of nitrogens with one attached hydrogen (secondary N) is 3. The van der Waals surface area contributed by atoms with Crippen LogP contribution in [0.3, 0.4) is 0 Å². The molecule has 0 saturated carbocycles. The quantitative estimate of drug-likeness (QED) is 0.389. The molecular formula is C21H22N4O3S. The first-order valence-corrected chi connectivity index (χ1v) is 9.62. The maximum absolute atomic E-state index is 13.3. The molecule has 29 heavy (non-hydrogen) atoms. The summed E-state index contributed by atoms with van der Waals surface area (Å²) >= 11 is 5.24. The van der Waals surface area contributed by atoms with Crippen LogP contribution in [0.25, 0.3) is 0 Å². The molecule has 8 heteroatoms. The van der Waals surface area contributed by atoms with E-state index in [1.54, 1.807) is 25.1 Å². The summed E-state index contributed by atoms with van der Waals surface area (Å²) in [6, 6.07) is 13.2. The van der Waals surface area contributed by atoms with Crippen LogP contribution >= 0.6 is 12.2 Å². The first kappa shape index (κ1) is 20.5. The lowest BCUT2D eigenvalue weighted by atomic mass is 9.93. The maximum atomic E-state index is 13.3. The van der Waals surface area contributed by atoms with E-state index in [-0.39, 0.29) is 17.5 Å².